The molecule has 3 aliphatic heterocycles. The zero-order valence-corrected chi connectivity index (χ0v) is 21.5. The first-order valence-corrected chi connectivity index (χ1v) is 13.4. The summed E-state index contributed by atoms with van der Waals surface area (Å²) in [7, 11) is 0. The summed E-state index contributed by atoms with van der Waals surface area (Å²) in [5, 5.41) is 14.5. The average molecular weight is 551 g/mol. The number of aromatic nitrogens is 2. The lowest BCUT2D eigenvalue weighted by Gasteiger charge is -2.49. The lowest BCUT2D eigenvalue weighted by Crippen LogP contribution is -2.70. The number of fused-ring (bicyclic) bond motifs is 1. The van der Waals surface area contributed by atoms with E-state index in [2.05, 4.69) is 19.9 Å². The van der Waals surface area contributed by atoms with E-state index in [1.54, 1.807) is 11.0 Å². The molecule has 6 N–H and O–H groups in total. The van der Waals surface area contributed by atoms with Crippen LogP contribution in [0.5, 0.6) is 0 Å². The number of hydrogen-bond donors (Lipinski definition) is 4. The highest BCUT2D eigenvalue weighted by atomic mass is 32.2. The Kier molecular flexibility index (Phi) is 7.89. The maximum Gasteiger partial charge on any atom is 0.352 e. The summed E-state index contributed by atoms with van der Waals surface area (Å²) in [6.45, 7) is 2.86. The number of carboxylic acids is 1. The Bertz CT molecular complexity index is 1200. The van der Waals surface area contributed by atoms with Gasteiger partial charge in [0.05, 0.1) is 0 Å². The van der Waals surface area contributed by atoms with Gasteiger partial charge in [0.1, 0.15) is 17.1 Å². The van der Waals surface area contributed by atoms with Crippen molar-refractivity contribution in [1.82, 2.24) is 24.5 Å². The molecule has 1 aromatic heterocycles. The first kappa shape index (κ1) is 26.7. The van der Waals surface area contributed by atoms with Gasteiger partial charge in [0, 0.05) is 42.0 Å². The number of carbonyl (C=O) groups is 4. The fraction of sp³-hybridized carbons (Fsp3) is 0.524. The third-order valence-electron chi connectivity index (χ3n) is 6.39. The van der Waals surface area contributed by atoms with Crippen molar-refractivity contribution in [1.29, 1.82) is 0 Å². The van der Waals surface area contributed by atoms with Gasteiger partial charge >= 0.3 is 5.97 Å². The van der Waals surface area contributed by atoms with Crippen LogP contribution >= 0.6 is 23.3 Å². The zero-order chi connectivity index (χ0) is 26.9. The number of aliphatic carboxylic acids is 1. The fourth-order valence-electron chi connectivity index (χ4n) is 4.62. The molecular formula is C21H26N8O6S2. The van der Waals surface area contributed by atoms with Gasteiger partial charge in [-0.1, -0.05) is 13.3 Å². The number of rotatable bonds is 10. The molecule has 3 aliphatic rings. The minimum absolute atomic E-state index is 0.0517. The largest absolute Gasteiger partial charge is 0.477 e. The van der Waals surface area contributed by atoms with Gasteiger partial charge in [0.2, 0.25) is 11.9 Å². The molecule has 4 heterocycles. The molecule has 16 heteroatoms. The Labute approximate surface area is 219 Å². The SMILES string of the molecule is CCCC(CN)N1CCC(=CC2=C(C(=O)O)N3C(=O)C(NC(=O)C(N=O)c4nsc(N)n4)C3SC2)C1=O. The molecule has 4 rings (SSSR count). The van der Waals surface area contributed by atoms with Crippen LogP contribution in [-0.2, 0) is 19.2 Å². The van der Waals surface area contributed by atoms with Crippen molar-refractivity contribution in [3.05, 3.63) is 33.7 Å². The normalized spacial score (nSPS) is 24.1. The van der Waals surface area contributed by atoms with Crippen LogP contribution in [0.2, 0.25) is 0 Å². The number of hydrogen-bond acceptors (Lipinski definition) is 12. The van der Waals surface area contributed by atoms with Gasteiger partial charge in [-0.15, -0.1) is 16.7 Å². The van der Waals surface area contributed by atoms with Crippen molar-refractivity contribution in [2.24, 2.45) is 10.9 Å². The molecule has 0 aromatic carbocycles. The molecule has 0 aliphatic carbocycles. The second-order valence-corrected chi connectivity index (χ2v) is 10.6. The first-order chi connectivity index (χ1) is 17.7. The lowest BCUT2D eigenvalue weighted by atomic mass is 10.0. The number of nitroso groups, excluding NO2 is 1. The van der Waals surface area contributed by atoms with E-state index in [0.29, 0.717) is 30.7 Å². The van der Waals surface area contributed by atoms with E-state index in [0.717, 1.165) is 29.3 Å². The Hall–Kier alpha value is -3.37. The number of anilines is 1. The molecule has 2 fully saturated rings. The number of nitrogens with zero attached hydrogens (tertiary/aromatic N) is 5. The zero-order valence-electron chi connectivity index (χ0n) is 19.8. The number of carbonyl (C=O) groups excluding carboxylic acids is 3. The summed E-state index contributed by atoms with van der Waals surface area (Å²) >= 11 is 2.03. The molecule has 4 unspecified atom stereocenters. The van der Waals surface area contributed by atoms with Crippen molar-refractivity contribution in [2.75, 3.05) is 24.6 Å². The molecule has 37 heavy (non-hydrogen) atoms. The molecule has 198 valence electrons. The fourth-order valence-corrected chi connectivity index (χ4v) is 6.39. The number of nitrogens with one attached hydrogen (secondary N) is 1. The first-order valence-electron chi connectivity index (χ1n) is 11.6. The van der Waals surface area contributed by atoms with E-state index in [1.807, 2.05) is 6.92 Å². The average Bonchev–Trinajstić information content (AvgIpc) is 3.46. The summed E-state index contributed by atoms with van der Waals surface area (Å²) in [5.41, 5.74) is 11.9. The van der Waals surface area contributed by atoms with Crippen molar-refractivity contribution >= 4 is 52.1 Å². The minimum atomic E-state index is -1.60. The molecule has 0 saturated carbocycles. The monoisotopic (exact) mass is 550 g/mol. The molecule has 2 saturated heterocycles. The highest BCUT2D eigenvalue weighted by molar-refractivity contribution is 8.00. The minimum Gasteiger partial charge on any atom is -0.477 e. The third-order valence-corrected chi connectivity index (χ3v) is 8.25. The second-order valence-electron chi connectivity index (χ2n) is 8.67. The van der Waals surface area contributed by atoms with Crippen LogP contribution in [0, 0.1) is 4.91 Å². The molecule has 1 aromatic rings. The topological polar surface area (TPSA) is 214 Å². The van der Waals surface area contributed by atoms with Gasteiger partial charge in [-0.25, -0.2) is 9.78 Å². The Morgan fingerprint density at radius 3 is 2.73 bits per heavy atom. The van der Waals surface area contributed by atoms with Crippen LogP contribution in [0.1, 0.15) is 38.1 Å². The molecule has 14 nitrogen and oxygen atoms in total. The van der Waals surface area contributed by atoms with Crippen LogP contribution < -0.4 is 16.8 Å². The predicted molar refractivity (Wildman–Crippen MR) is 135 cm³/mol. The molecule has 0 bridgehead atoms. The van der Waals surface area contributed by atoms with Crippen molar-refractivity contribution < 1.29 is 24.3 Å². The van der Waals surface area contributed by atoms with Gasteiger partial charge in [0.15, 0.2) is 11.0 Å². The summed E-state index contributed by atoms with van der Waals surface area (Å²) in [6.07, 6.45) is 3.66. The summed E-state index contributed by atoms with van der Waals surface area (Å²) in [4.78, 5) is 68.5. The van der Waals surface area contributed by atoms with Crippen LogP contribution in [0.3, 0.4) is 0 Å². The number of carboxylic acid groups (broad SMARTS) is 1. The quantitative estimate of drug-likeness (QED) is 0.172. The van der Waals surface area contributed by atoms with Crippen LogP contribution in [0.4, 0.5) is 5.13 Å². The maximum absolute atomic E-state index is 13.0. The summed E-state index contributed by atoms with van der Waals surface area (Å²) in [5.74, 6) is -3.03. The second kappa shape index (κ2) is 10.9. The smallest absolute Gasteiger partial charge is 0.352 e. The number of likely N-dealkylation sites (tertiary alicyclic amines) is 1. The predicted octanol–water partition coefficient (Wildman–Crippen LogP) is -0.0475. The lowest BCUT2D eigenvalue weighted by molar-refractivity contribution is -0.150. The van der Waals surface area contributed by atoms with Crippen molar-refractivity contribution in [2.45, 2.75) is 49.7 Å². The number of amides is 3. The highest BCUT2D eigenvalue weighted by Crippen LogP contribution is 2.41. The molecule has 4 atom stereocenters. The number of allylic oxidation sites excluding steroid dienone is 1. The number of β-lactam (4-membered cyclic amide) rings is 1. The standard InChI is InChI=1S/C21H26N8O6S2/c1-2-3-11(7-22)28-5-4-9(17(28)31)6-10-8-36-19-13(18(32)29(19)14(10)20(33)34)24-16(30)12(26-35)15-25-21(23)37-27-15/h6,11-13,19H,2-5,7-8,22H2,1H3,(H,24,30)(H,33,34)(H2,23,25,27). The van der Waals surface area contributed by atoms with E-state index in [-0.39, 0.29) is 34.4 Å². The molecular weight excluding hydrogens is 524 g/mol. The van der Waals surface area contributed by atoms with E-state index < -0.39 is 35.2 Å². The summed E-state index contributed by atoms with van der Waals surface area (Å²) < 4.78 is 3.81. The van der Waals surface area contributed by atoms with Crippen LogP contribution in [-0.4, -0.2) is 84.3 Å². The van der Waals surface area contributed by atoms with Gasteiger partial charge < -0.3 is 26.8 Å². The maximum atomic E-state index is 13.0. The van der Waals surface area contributed by atoms with Crippen LogP contribution in [0.15, 0.2) is 28.1 Å². The Balaban J connectivity index is 1.52. The summed E-state index contributed by atoms with van der Waals surface area (Å²) in [6, 6.07) is -2.74. The van der Waals surface area contributed by atoms with Gasteiger partial charge in [-0.05, 0) is 29.7 Å². The number of nitrogen functional groups attached to an aromatic ring is 1. The van der Waals surface area contributed by atoms with E-state index in [1.165, 1.54) is 11.8 Å². The Morgan fingerprint density at radius 1 is 1.38 bits per heavy atom. The highest BCUT2D eigenvalue weighted by Gasteiger charge is 2.54. The molecule has 0 radical (unpaired) electrons. The van der Waals surface area contributed by atoms with Gasteiger partial charge in [-0.2, -0.15) is 4.37 Å². The number of nitrogens with two attached hydrogens (primary N) is 2. The molecule has 3 amide bonds. The molecule has 0 spiro atoms. The van der Waals surface area contributed by atoms with E-state index in [9.17, 15) is 29.2 Å². The van der Waals surface area contributed by atoms with Crippen LogP contribution in [0.25, 0.3) is 0 Å². The van der Waals surface area contributed by atoms with E-state index in [4.69, 9.17) is 11.5 Å². The van der Waals surface area contributed by atoms with Gasteiger partial charge in [-0.3, -0.25) is 19.3 Å². The van der Waals surface area contributed by atoms with Crippen molar-refractivity contribution in [3.63, 3.8) is 0 Å². The Morgan fingerprint density at radius 2 is 2.14 bits per heavy atom. The number of thioether (sulfide) groups is 1. The third kappa shape index (κ3) is 4.95. The van der Waals surface area contributed by atoms with E-state index >= 15 is 0 Å². The van der Waals surface area contributed by atoms with Crippen molar-refractivity contribution in [3.8, 4) is 0 Å². The van der Waals surface area contributed by atoms with Gasteiger partial charge in [0.25, 0.3) is 11.8 Å².